The second-order valence-corrected chi connectivity index (χ2v) is 8.63. The van der Waals surface area contributed by atoms with E-state index < -0.39 is 22.0 Å². The first-order valence-electron chi connectivity index (χ1n) is 9.73. The summed E-state index contributed by atoms with van der Waals surface area (Å²) in [6, 6.07) is 18.2. The number of fused-ring (bicyclic) bond motifs is 1. The van der Waals surface area contributed by atoms with E-state index in [1.165, 1.54) is 31.4 Å². The van der Waals surface area contributed by atoms with Crippen LogP contribution in [0.15, 0.2) is 71.6 Å². The largest absolute Gasteiger partial charge is 0.497 e. The van der Waals surface area contributed by atoms with Crippen LogP contribution in [0.2, 0.25) is 0 Å². The molecule has 0 aromatic heterocycles. The molecule has 1 N–H and O–H groups in total. The van der Waals surface area contributed by atoms with E-state index in [1.807, 2.05) is 48.7 Å². The first-order chi connectivity index (χ1) is 14.9. The lowest BCUT2D eigenvalue weighted by Crippen LogP contribution is -2.48. The Balaban J connectivity index is 1.93. The maximum absolute atomic E-state index is 12.9. The summed E-state index contributed by atoms with van der Waals surface area (Å²) in [7, 11) is -2.52. The van der Waals surface area contributed by atoms with Crippen LogP contribution in [-0.4, -0.2) is 38.9 Å². The highest BCUT2D eigenvalue weighted by atomic mass is 32.2. The molecule has 3 aromatic rings. The number of nitriles is 1. The predicted molar refractivity (Wildman–Crippen MR) is 118 cm³/mol. The molecule has 3 aromatic carbocycles. The second kappa shape index (κ2) is 9.60. The van der Waals surface area contributed by atoms with Gasteiger partial charge < -0.3 is 4.74 Å². The normalized spacial score (nSPS) is 12.2. The number of carbonyl (C=O) groups excluding carboxylic acids is 1. The van der Waals surface area contributed by atoms with Gasteiger partial charge in [-0.2, -0.15) is 9.98 Å². The van der Waals surface area contributed by atoms with Gasteiger partial charge >= 0.3 is 0 Å². The number of carbonyl (C=O) groups is 1. The van der Waals surface area contributed by atoms with Gasteiger partial charge in [0.05, 0.1) is 12.0 Å². The van der Waals surface area contributed by atoms with Gasteiger partial charge in [-0.1, -0.05) is 42.5 Å². The van der Waals surface area contributed by atoms with Gasteiger partial charge in [0.2, 0.25) is 10.0 Å². The van der Waals surface area contributed by atoms with Gasteiger partial charge in [-0.25, -0.2) is 13.3 Å². The first-order valence-corrected chi connectivity index (χ1v) is 11.2. The Bertz CT molecular complexity index is 1220. The van der Waals surface area contributed by atoms with Gasteiger partial charge in [0.25, 0.3) is 5.91 Å². The van der Waals surface area contributed by atoms with Crippen molar-refractivity contribution in [3.63, 3.8) is 0 Å². The Kier molecular flexibility index (Phi) is 6.90. The van der Waals surface area contributed by atoms with Gasteiger partial charge in [-0.15, -0.1) is 0 Å². The number of ether oxygens (including phenoxy) is 1. The zero-order chi connectivity index (χ0) is 22.4. The maximum atomic E-state index is 12.9. The molecule has 0 saturated heterocycles. The first kappa shape index (κ1) is 22.3. The zero-order valence-electron chi connectivity index (χ0n) is 17.3. The Morgan fingerprint density at radius 3 is 2.39 bits per heavy atom. The molecule has 1 amide bonds. The van der Waals surface area contributed by atoms with E-state index in [2.05, 4.69) is 4.72 Å². The second-order valence-electron chi connectivity index (χ2n) is 6.92. The quantitative estimate of drug-likeness (QED) is 0.431. The summed E-state index contributed by atoms with van der Waals surface area (Å²) < 4.78 is 33.4. The highest BCUT2D eigenvalue weighted by molar-refractivity contribution is 7.89. The van der Waals surface area contributed by atoms with Gasteiger partial charge in [-0.3, -0.25) is 4.79 Å². The Morgan fingerprint density at radius 1 is 1.10 bits per heavy atom. The smallest absolute Gasteiger partial charge is 0.254 e. The van der Waals surface area contributed by atoms with Crippen molar-refractivity contribution in [1.82, 2.24) is 9.62 Å². The molecule has 1 atom stereocenters. The standard InChI is InChI=1S/C23H23N3O4S/c1-3-26(16-24)23(27)22(15-17-8-9-18-6-4-5-7-19(18)14-17)25-31(28,29)21-12-10-20(30-2)11-13-21/h4-14,22,25H,3,15H2,1-2H3. The van der Waals surface area contributed by atoms with Gasteiger partial charge in [0.1, 0.15) is 11.8 Å². The summed E-state index contributed by atoms with van der Waals surface area (Å²) in [6.45, 7) is 1.81. The number of sulfonamides is 1. The summed E-state index contributed by atoms with van der Waals surface area (Å²) in [5, 5.41) is 11.3. The van der Waals surface area contributed by atoms with Crippen molar-refractivity contribution >= 4 is 26.7 Å². The third-order valence-corrected chi connectivity index (χ3v) is 6.41. The number of benzene rings is 3. The number of nitrogens with one attached hydrogen (secondary N) is 1. The third-order valence-electron chi connectivity index (χ3n) is 4.92. The fraction of sp³-hybridized carbons (Fsp3) is 0.217. The number of rotatable bonds is 8. The van der Waals surface area contributed by atoms with Crippen LogP contribution in [-0.2, 0) is 21.2 Å². The molecular formula is C23H23N3O4S. The summed E-state index contributed by atoms with van der Waals surface area (Å²) in [6.07, 6.45) is 1.93. The lowest BCUT2D eigenvalue weighted by atomic mass is 10.0. The zero-order valence-corrected chi connectivity index (χ0v) is 18.1. The van der Waals surface area contributed by atoms with Crippen LogP contribution >= 0.6 is 0 Å². The van der Waals surface area contributed by atoms with Gasteiger partial charge in [0, 0.05) is 6.54 Å². The van der Waals surface area contributed by atoms with E-state index >= 15 is 0 Å². The Labute approximate surface area is 181 Å². The third kappa shape index (κ3) is 5.20. The molecule has 0 spiro atoms. The van der Waals surface area contributed by atoms with E-state index in [-0.39, 0.29) is 17.9 Å². The predicted octanol–water partition coefficient (Wildman–Crippen LogP) is 3.07. The molecule has 160 valence electrons. The van der Waals surface area contributed by atoms with E-state index in [0.29, 0.717) is 5.75 Å². The minimum atomic E-state index is -4.00. The maximum Gasteiger partial charge on any atom is 0.254 e. The average Bonchev–Trinajstić information content (AvgIpc) is 2.79. The number of likely N-dealkylation sites (N-methyl/N-ethyl adjacent to an activating group) is 1. The molecule has 0 fully saturated rings. The highest BCUT2D eigenvalue weighted by Gasteiger charge is 2.29. The summed E-state index contributed by atoms with van der Waals surface area (Å²) in [5.41, 5.74) is 0.781. The molecule has 31 heavy (non-hydrogen) atoms. The van der Waals surface area contributed by atoms with E-state index in [9.17, 15) is 18.5 Å². The summed E-state index contributed by atoms with van der Waals surface area (Å²) in [5.74, 6) is -0.0837. The molecule has 0 radical (unpaired) electrons. The number of methoxy groups -OCH3 is 1. The van der Waals surface area contributed by atoms with Crippen molar-refractivity contribution in [2.75, 3.05) is 13.7 Å². The lowest BCUT2D eigenvalue weighted by Gasteiger charge is -2.22. The number of hydrogen-bond acceptors (Lipinski definition) is 5. The minimum Gasteiger partial charge on any atom is -0.497 e. The summed E-state index contributed by atoms with van der Waals surface area (Å²) >= 11 is 0. The molecule has 1 unspecified atom stereocenters. The molecule has 3 rings (SSSR count). The fourth-order valence-electron chi connectivity index (χ4n) is 3.25. The lowest BCUT2D eigenvalue weighted by molar-refractivity contribution is -0.129. The molecule has 0 aliphatic rings. The molecule has 8 heteroatoms. The Morgan fingerprint density at radius 2 is 1.77 bits per heavy atom. The SMILES string of the molecule is CCN(C#N)C(=O)C(Cc1ccc2ccccc2c1)NS(=O)(=O)c1ccc(OC)cc1. The fourth-order valence-corrected chi connectivity index (χ4v) is 4.44. The van der Waals surface area contributed by atoms with Crippen molar-refractivity contribution < 1.29 is 17.9 Å². The van der Waals surface area contributed by atoms with Crippen molar-refractivity contribution in [3.8, 4) is 11.9 Å². The van der Waals surface area contributed by atoms with Crippen LogP contribution in [0.3, 0.4) is 0 Å². The van der Waals surface area contributed by atoms with Crippen molar-refractivity contribution in [3.05, 3.63) is 72.3 Å². The number of hydrogen-bond donors (Lipinski definition) is 1. The molecule has 0 heterocycles. The van der Waals surface area contributed by atoms with E-state index in [4.69, 9.17) is 4.74 Å². The van der Waals surface area contributed by atoms with Crippen LogP contribution in [0.5, 0.6) is 5.75 Å². The van der Waals surface area contributed by atoms with Gasteiger partial charge in [-0.05, 0) is 53.9 Å². The molecule has 0 aliphatic heterocycles. The van der Waals surface area contributed by atoms with E-state index in [1.54, 1.807) is 6.92 Å². The molecule has 7 nitrogen and oxygen atoms in total. The van der Waals surface area contributed by atoms with E-state index in [0.717, 1.165) is 21.2 Å². The van der Waals surface area contributed by atoms with Crippen LogP contribution in [0.25, 0.3) is 10.8 Å². The minimum absolute atomic E-state index is 0.00428. The van der Waals surface area contributed by atoms with Crippen molar-refractivity contribution in [2.45, 2.75) is 24.3 Å². The molecule has 0 saturated carbocycles. The van der Waals surface area contributed by atoms with Gasteiger partial charge in [0.15, 0.2) is 6.19 Å². The molecule has 0 bridgehead atoms. The monoisotopic (exact) mass is 437 g/mol. The average molecular weight is 438 g/mol. The van der Waals surface area contributed by atoms with Crippen LogP contribution < -0.4 is 9.46 Å². The number of amides is 1. The number of nitrogens with zero attached hydrogens (tertiary/aromatic N) is 2. The van der Waals surface area contributed by atoms with Crippen molar-refractivity contribution in [2.24, 2.45) is 0 Å². The van der Waals surface area contributed by atoms with Crippen molar-refractivity contribution in [1.29, 1.82) is 5.26 Å². The van der Waals surface area contributed by atoms with Crippen LogP contribution in [0, 0.1) is 11.5 Å². The topological polar surface area (TPSA) is 99.5 Å². The molecular weight excluding hydrogens is 414 g/mol. The highest BCUT2D eigenvalue weighted by Crippen LogP contribution is 2.19. The summed E-state index contributed by atoms with van der Waals surface area (Å²) in [4.78, 5) is 13.9. The molecule has 0 aliphatic carbocycles. The van der Waals surface area contributed by atoms with Crippen LogP contribution in [0.1, 0.15) is 12.5 Å². The Hall–Kier alpha value is -3.41. The van der Waals surface area contributed by atoms with Crippen LogP contribution in [0.4, 0.5) is 0 Å².